The third-order valence-electron chi connectivity index (χ3n) is 1.95. The molecule has 14 heavy (non-hydrogen) atoms. The van der Waals surface area contributed by atoms with Crippen LogP contribution in [0.4, 0.5) is 0 Å². The van der Waals surface area contributed by atoms with E-state index in [0.29, 0.717) is 0 Å². The summed E-state index contributed by atoms with van der Waals surface area (Å²) in [5, 5.41) is 8.87. The molecule has 0 unspecified atom stereocenters. The Morgan fingerprint density at radius 2 is 2.14 bits per heavy atom. The Labute approximate surface area is 84.0 Å². The molecule has 2 heterocycles. The predicted octanol–water partition coefficient (Wildman–Crippen LogP) is 2.16. The number of imidazole rings is 1. The molecule has 2 aromatic heterocycles. The molecular weight excluding hydrogens is 176 g/mol. The summed E-state index contributed by atoms with van der Waals surface area (Å²) < 4.78 is 1.99. The summed E-state index contributed by atoms with van der Waals surface area (Å²) in [4.78, 5) is 4.18. The molecule has 0 aliphatic heterocycles. The molecule has 2 aromatic rings. The fraction of sp³-hybridized carbons (Fsp3) is 0.364. The molecule has 2 rings (SSSR count). The number of pyridine rings is 1. The topological polar surface area (TPSA) is 37.5 Å². The van der Waals surface area contributed by atoms with E-state index in [0.717, 1.165) is 16.9 Å². The quantitative estimate of drug-likeness (QED) is 0.751. The van der Waals surface area contributed by atoms with Crippen LogP contribution in [0.1, 0.15) is 25.1 Å². The van der Waals surface area contributed by atoms with Crippen molar-refractivity contribution < 1.29 is 5.11 Å². The van der Waals surface area contributed by atoms with Crippen molar-refractivity contribution in [3.63, 3.8) is 0 Å². The second-order valence-corrected chi connectivity index (χ2v) is 2.82. The number of aliphatic hydroxyl groups excluding tert-OH is 1. The Kier molecular flexibility index (Phi) is 3.65. The van der Waals surface area contributed by atoms with Crippen molar-refractivity contribution in [3.8, 4) is 0 Å². The highest BCUT2D eigenvalue weighted by Crippen LogP contribution is 2.08. The molecule has 0 saturated carbocycles. The van der Waals surface area contributed by atoms with Crippen LogP contribution in [0.5, 0.6) is 0 Å². The van der Waals surface area contributed by atoms with Gasteiger partial charge in [0.15, 0.2) is 0 Å². The largest absolute Gasteiger partial charge is 0.392 e. The van der Waals surface area contributed by atoms with E-state index in [9.17, 15) is 0 Å². The lowest BCUT2D eigenvalue weighted by Gasteiger charge is -1.98. The molecule has 76 valence electrons. The first kappa shape index (κ1) is 10.7. The zero-order chi connectivity index (χ0) is 10.6. The number of rotatable bonds is 1. The van der Waals surface area contributed by atoms with Gasteiger partial charge in [-0.15, -0.1) is 0 Å². The number of fused-ring (bicyclic) bond motifs is 1. The minimum atomic E-state index is 0.0718. The van der Waals surface area contributed by atoms with E-state index >= 15 is 0 Å². The summed E-state index contributed by atoms with van der Waals surface area (Å²) in [5.41, 5.74) is 2.89. The van der Waals surface area contributed by atoms with Gasteiger partial charge in [0.05, 0.1) is 6.61 Å². The number of hydrogen-bond donors (Lipinski definition) is 1. The molecule has 0 amide bonds. The Balaban J connectivity index is 0.000000461. The fourth-order valence-electron chi connectivity index (χ4n) is 1.25. The zero-order valence-electron chi connectivity index (χ0n) is 8.86. The number of aryl methyl sites for hydroxylation is 1. The van der Waals surface area contributed by atoms with Gasteiger partial charge in [-0.3, -0.25) is 0 Å². The van der Waals surface area contributed by atoms with Crippen LogP contribution in [0.25, 0.3) is 5.65 Å². The molecule has 3 nitrogen and oxygen atoms in total. The van der Waals surface area contributed by atoms with Crippen LogP contribution in [-0.4, -0.2) is 14.5 Å². The SMILES string of the molecule is CC.Cc1cnc2cc(CO)ccn12. The van der Waals surface area contributed by atoms with Crippen LogP contribution >= 0.6 is 0 Å². The fourth-order valence-corrected chi connectivity index (χ4v) is 1.25. The summed E-state index contributed by atoms with van der Waals surface area (Å²) in [5.74, 6) is 0. The van der Waals surface area contributed by atoms with E-state index in [1.807, 2.05) is 49.7 Å². The van der Waals surface area contributed by atoms with E-state index in [1.54, 1.807) is 0 Å². The number of aliphatic hydroxyl groups is 1. The van der Waals surface area contributed by atoms with Gasteiger partial charge < -0.3 is 9.51 Å². The van der Waals surface area contributed by atoms with Gasteiger partial charge in [0.25, 0.3) is 0 Å². The molecule has 0 aromatic carbocycles. The zero-order valence-corrected chi connectivity index (χ0v) is 8.86. The molecule has 3 heteroatoms. The third kappa shape index (κ3) is 1.93. The maximum Gasteiger partial charge on any atom is 0.137 e. The normalized spacial score (nSPS) is 9.71. The summed E-state index contributed by atoms with van der Waals surface area (Å²) in [6.45, 7) is 6.07. The van der Waals surface area contributed by atoms with Gasteiger partial charge in [-0.1, -0.05) is 13.8 Å². The first-order chi connectivity index (χ1) is 6.81. The second-order valence-electron chi connectivity index (χ2n) is 2.82. The highest BCUT2D eigenvalue weighted by molar-refractivity contribution is 5.42. The second kappa shape index (κ2) is 4.77. The van der Waals surface area contributed by atoms with Crippen molar-refractivity contribution in [3.05, 3.63) is 35.8 Å². The minimum Gasteiger partial charge on any atom is -0.392 e. The molecule has 1 N–H and O–H groups in total. The standard InChI is InChI=1S/C9H10N2O.C2H6/c1-7-5-10-9-4-8(6-12)2-3-11(7)9;1-2/h2-5,12H,6H2,1H3;1-2H3. The van der Waals surface area contributed by atoms with E-state index < -0.39 is 0 Å². The lowest BCUT2D eigenvalue weighted by atomic mass is 10.3. The molecular formula is C11H16N2O. The molecule has 0 spiro atoms. The number of hydrogen-bond acceptors (Lipinski definition) is 2. The maximum absolute atomic E-state index is 8.87. The molecule has 0 radical (unpaired) electrons. The van der Waals surface area contributed by atoms with E-state index in [-0.39, 0.29) is 6.61 Å². The van der Waals surface area contributed by atoms with Crippen LogP contribution < -0.4 is 0 Å². The number of aromatic nitrogens is 2. The summed E-state index contributed by atoms with van der Waals surface area (Å²) in [7, 11) is 0. The van der Waals surface area contributed by atoms with Crippen molar-refractivity contribution in [1.29, 1.82) is 0 Å². The van der Waals surface area contributed by atoms with Gasteiger partial charge in [0.2, 0.25) is 0 Å². The van der Waals surface area contributed by atoms with Crippen LogP contribution in [0.15, 0.2) is 24.5 Å². The molecule has 0 atom stereocenters. The van der Waals surface area contributed by atoms with Gasteiger partial charge >= 0.3 is 0 Å². The van der Waals surface area contributed by atoms with Gasteiger partial charge in [-0.25, -0.2) is 4.98 Å². The van der Waals surface area contributed by atoms with Gasteiger partial charge in [0, 0.05) is 18.1 Å². The third-order valence-corrected chi connectivity index (χ3v) is 1.95. The Morgan fingerprint density at radius 1 is 1.43 bits per heavy atom. The Bertz CT molecular complexity index is 407. The lowest BCUT2D eigenvalue weighted by Crippen LogP contribution is -1.89. The van der Waals surface area contributed by atoms with Crippen molar-refractivity contribution in [2.45, 2.75) is 27.4 Å². The van der Waals surface area contributed by atoms with Gasteiger partial charge in [-0.2, -0.15) is 0 Å². The monoisotopic (exact) mass is 192 g/mol. The van der Waals surface area contributed by atoms with Crippen molar-refractivity contribution in [1.82, 2.24) is 9.38 Å². The molecule has 0 saturated heterocycles. The predicted molar refractivity (Wildman–Crippen MR) is 57.2 cm³/mol. The first-order valence-electron chi connectivity index (χ1n) is 4.85. The maximum atomic E-state index is 8.87. The lowest BCUT2D eigenvalue weighted by molar-refractivity contribution is 0.282. The Morgan fingerprint density at radius 3 is 2.79 bits per heavy atom. The van der Waals surface area contributed by atoms with E-state index in [2.05, 4.69) is 4.98 Å². The van der Waals surface area contributed by atoms with Crippen molar-refractivity contribution in [2.75, 3.05) is 0 Å². The first-order valence-corrected chi connectivity index (χ1v) is 4.85. The van der Waals surface area contributed by atoms with Crippen LogP contribution in [-0.2, 0) is 6.61 Å². The van der Waals surface area contributed by atoms with Gasteiger partial charge in [0.1, 0.15) is 5.65 Å². The van der Waals surface area contributed by atoms with Crippen molar-refractivity contribution in [2.24, 2.45) is 0 Å². The van der Waals surface area contributed by atoms with Crippen LogP contribution in [0.2, 0.25) is 0 Å². The van der Waals surface area contributed by atoms with Crippen LogP contribution in [0, 0.1) is 6.92 Å². The molecule has 0 fully saturated rings. The van der Waals surface area contributed by atoms with Crippen LogP contribution in [0.3, 0.4) is 0 Å². The average molecular weight is 192 g/mol. The molecule has 0 aliphatic carbocycles. The highest BCUT2D eigenvalue weighted by Gasteiger charge is 1.98. The highest BCUT2D eigenvalue weighted by atomic mass is 16.3. The van der Waals surface area contributed by atoms with E-state index in [1.165, 1.54) is 0 Å². The minimum absolute atomic E-state index is 0.0718. The van der Waals surface area contributed by atoms with Gasteiger partial charge in [-0.05, 0) is 24.6 Å². The summed E-state index contributed by atoms with van der Waals surface area (Å²) >= 11 is 0. The molecule has 0 aliphatic rings. The summed E-state index contributed by atoms with van der Waals surface area (Å²) in [6.07, 6.45) is 3.74. The Hall–Kier alpha value is -1.35. The average Bonchev–Trinajstić information content (AvgIpc) is 2.63. The summed E-state index contributed by atoms with van der Waals surface area (Å²) in [6, 6.07) is 3.77. The smallest absolute Gasteiger partial charge is 0.137 e. The molecule has 0 bridgehead atoms. The number of nitrogens with zero attached hydrogens (tertiary/aromatic N) is 2. The van der Waals surface area contributed by atoms with E-state index in [4.69, 9.17) is 5.11 Å². The van der Waals surface area contributed by atoms with Crippen molar-refractivity contribution >= 4 is 5.65 Å².